The zero-order valence-electron chi connectivity index (χ0n) is 8.83. The van der Waals surface area contributed by atoms with Crippen molar-refractivity contribution < 1.29 is 13.2 Å². The number of aromatic nitrogens is 2. The van der Waals surface area contributed by atoms with Crippen LogP contribution < -0.4 is 10.4 Å². The van der Waals surface area contributed by atoms with Gasteiger partial charge >= 0.3 is 6.18 Å². The Hall–Kier alpha value is -1.27. The van der Waals surface area contributed by atoms with E-state index in [1.54, 1.807) is 7.85 Å². The Morgan fingerprint density at radius 1 is 1.31 bits per heavy atom. The van der Waals surface area contributed by atoms with Crippen LogP contribution in [0.1, 0.15) is 12.8 Å². The fourth-order valence-electron chi connectivity index (χ4n) is 1.88. The van der Waals surface area contributed by atoms with Crippen molar-refractivity contribution in [3.63, 3.8) is 0 Å². The van der Waals surface area contributed by atoms with E-state index < -0.39 is 12.2 Å². The van der Waals surface area contributed by atoms with Gasteiger partial charge in [-0.2, -0.15) is 13.2 Å². The predicted octanol–water partition coefficient (Wildman–Crippen LogP) is 0.266. The van der Waals surface area contributed by atoms with Crippen molar-refractivity contribution in [1.29, 1.82) is 0 Å². The lowest BCUT2D eigenvalue weighted by atomic mass is 10.0. The van der Waals surface area contributed by atoms with E-state index in [9.17, 15) is 13.2 Å². The fraction of sp³-hybridized carbons (Fsp3) is 0.556. The van der Waals surface area contributed by atoms with Gasteiger partial charge in [0, 0.05) is 18.9 Å². The average Bonchev–Trinajstić information content (AvgIpc) is 2.66. The third-order valence-electron chi connectivity index (χ3n) is 2.65. The first-order chi connectivity index (χ1) is 7.48. The van der Waals surface area contributed by atoms with Gasteiger partial charge in [-0.1, -0.05) is 5.46 Å². The number of alkyl halides is 3. The van der Waals surface area contributed by atoms with E-state index in [0.29, 0.717) is 13.0 Å². The lowest BCUT2D eigenvalue weighted by Gasteiger charge is -2.26. The van der Waals surface area contributed by atoms with Crippen LogP contribution in [0.25, 0.3) is 0 Å². The molecule has 0 amide bonds. The summed E-state index contributed by atoms with van der Waals surface area (Å²) in [6, 6.07) is -1.43. The normalized spacial score (nSPS) is 21.4. The van der Waals surface area contributed by atoms with Crippen molar-refractivity contribution in [2.45, 2.75) is 25.1 Å². The Morgan fingerprint density at radius 3 is 2.50 bits per heavy atom. The first-order valence-corrected chi connectivity index (χ1v) is 5.10. The second-order valence-corrected chi connectivity index (χ2v) is 3.95. The molecule has 16 heavy (non-hydrogen) atoms. The summed E-state index contributed by atoms with van der Waals surface area (Å²) >= 11 is 0. The van der Waals surface area contributed by atoms with Gasteiger partial charge in [0.25, 0.3) is 0 Å². The summed E-state index contributed by atoms with van der Waals surface area (Å²) in [5, 5.41) is 0. The summed E-state index contributed by atoms with van der Waals surface area (Å²) in [5.41, 5.74) is 0.839. The molecule has 1 aliphatic rings. The van der Waals surface area contributed by atoms with Crippen LogP contribution in [0, 0.1) is 0 Å². The van der Waals surface area contributed by atoms with E-state index in [-0.39, 0.29) is 12.4 Å². The maximum Gasteiger partial charge on any atom is 0.408 e. The first-order valence-electron chi connectivity index (χ1n) is 5.10. The van der Waals surface area contributed by atoms with Crippen LogP contribution in [0.4, 0.5) is 19.1 Å². The number of rotatable bonds is 1. The lowest BCUT2D eigenvalue weighted by molar-refractivity contribution is -0.146. The SMILES string of the molecule is Bc1cnc(N2CCC[C@H]2C(F)(F)F)nc1. The van der Waals surface area contributed by atoms with Gasteiger partial charge in [-0.3, -0.25) is 0 Å². The van der Waals surface area contributed by atoms with Crippen molar-refractivity contribution >= 4 is 19.3 Å². The number of anilines is 1. The molecule has 0 radical (unpaired) electrons. The molecule has 2 rings (SSSR count). The second-order valence-electron chi connectivity index (χ2n) is 3.95. The number of halogens is 3. The smallest absolute Gasteiger partial charge is 0.329 e. The van der Waals surface area contributed by atoms with Gasteiger partial charge in [0.1, 0.15) is 13.9 Å². The van der Waals surface area contributed by atoms with Crippen LogP contribution in [0.5, 0.6) is 0 Å². The van der Waals surface area contributed by atoms with Crippen molar-refractivity contribution in [1.82, 2.24) is 9.97 Å². The summed E-state index contributed by atoms with van der Waals surface area (Å²) in [7, 11) is 1.80. The van der Waals surface area contributed by atoms with E-state index in [2.05, 4.69) is 9.97 Å². The first kappa shape index (κ1) is 11.2. The molecule has 1 aliphatic heterocycles. The van der Waals surface area contributed by atoms with Gasteiger partial charge in [-0.15, -0.1) is 0 Å². The molecule has 0 saturated carbocycles. The zero-order valence-corrected chi connectivity index (χ0v) is 8.83. The van der Waals surface area contributed by atoms with Gasteiger partial charge in [-0.05, 0) is 12.8 Å². The second kappa shape index (κ2) is 3.95. The van der Waals surface area contributed by atoms with E-state index in [0.717, 1.165) is 5.46 Å². The minimum absolute atomic E-state index is 0.126. The highest BCUT2D eigenvalue weighted by molar-refractivity contribution is 6.31. The van der Waals surface area contributed by atoms with Crippen molar-refractivity contribution in [3.05, 3.63) is 12.4 Å². The van der Waals surface area contributed by atoms with Gasteiger partial charge in [0.05, 0.1) is 0 Å². The highest BCUT2D eigenvalue weighted by Gasteiger charge is 2.46. The minimum atomic E-state index is -4.20. The zero-order chi connectivity index (χ0) is 11.8. The Morgan fingerprint density at radius 2 is 1.94 bits per heavy atom. The molecule has 0 N–H and O–H groups in total. The standard InChI is InChI=1S/C9H11BF3N3/c10-6-4-14-8(15-5-6)16-3-1-2-7(16)9(11,12)13/h4-5,7H,1-3,10H2/t7-/m0/s1. The number of nitrogens with zero attached hydrogens (tertiary/aromatic N) is 3. The molecule has 3 nitrogen and oxygen atoms in total. The topological polar surface area (TPSA) is 29.0 Å². The van der Waals surface area contributed by atoms with E-state index in [4.69, 9.17) is 0 Å². The number of hydrogen-bond donors (Lipinski definition) is 0. The van der Waals surface area contributed by atoms with Crippen molar-refractivity contribution in [2.75, 3.05) is 11.4 Å². The fourth-order valence-corrected chi connectivity index (χ4v) is 1.88. The molecular formula is C9H11BF3N3. The molecule has 0 bridgehead atoms. The summed E-state index contributed by atoms with van der Waals surface area (Å²) in [5.74, 6) is 0.172. The maximum absolute atomic E-state index is 12.7. The van der Waals surface area contributed by atoms with Gasteiger partial charge < -0.3 is 4.90 Å². The van der Waals surface area contributed by atoms with Gasteiger partial charge in [0.2, 0.25) is 5.95 Å². The molecule has 1 atom stereocenters. The van der Waals surface area contributed by atoms with Crippen LogP contribution in [0.3, 0.4) is 0 Å². The molecule has 1 saturated heterocycles. The Bertz CT molecular complexity index is 365. The summed E-state index contributed by atoms with van der Waals surface area (Å²) in [6.45, 7) is 0.368. The third kappa shape index (κ3) is 2.12. The van der Waals surface area contributed by atoms with Crippen LogP contribution in [-0.4, -0.2) is 36.6 Å². The summed E-state index contributed by atoms with van der Waals surface area (Å²) < 4.78 is 38.0. The molecule has 0 spiro atoms. The maximum atomic E-state index is 12.7. The lowest BCUT2D eigenvalue weighted by Crippen LogP contribution is -2.42. The predicted molar refractivity (Wildman–Crippen MR) is 56.6 cm³/mol. The van der Waals surface area contributed by atoms with Crippen LogP contribution in [0.2, 0.25) is 0 Å². The van der Waals surface area contributed by atoms with E-state index >= 15 is 0 Å². The Balaban J connectivity index is 2.23. The molecule has 2 heterocycles. The monoisotopic (exact) mass is 229 g/mol. The minimum Gasteiger partial charge on any atom is -0.329 e. The molecule has 1 fully saturated rings. The highest BCUT2D eigenvalue weighted by Crippen LogP contribution is 2.34. The molecule has 1 aromatic rings. The van der Waals surface area contributed by atoms with Crippen LogP contribution in [0.15, 0.2) is 12.4 Å². The Labute approximate surface area is 92.1 Å². The molecule has 0 aliphatic carbocycles. The van der Waals surface area contributed by atoms with Gasteiger partial charge in [-0.25, -0.2) is 9.97 Å². The summed E-state index contributed by atoms with van der Waals surface area (Å²) in [4.78, 5) is 9.11. The highest BCUT2D eigenvalue weighted by atomic mass is 19.4. The molecule has 86 valence electrons. The molecular weight excluding hydrogens is 218 g/mol. The largest absolute Gasteiger partial charge is 0.408 e. The van der Waals surface area contributed by atoms with Crippen molar-refractivity contribution in [2.24, 2.45) is 0 Å². The molecule has 1 aromatic heterocycles. The Kier molecular flexibility index (Phi) is 2.77. The summed E-state index contributed by atoms with van der Waals surface area (Å²) in [6.07, 6.45) is -0.477. The third-order valence-corrected chi connectivity index (χ3v) is 2.65. The number of hydrogen-bond acceptors (Lipinski definition) is 3. The van der Waals surface area contributed by atoms with Crippen LogP contribution in [-0.2, 0) is 0 Å². The van der Waals surface area contributed by atoms with E-state index in [1.807, 2.05) is 0 Å². The van der Waals surface area contributed by atoms with Gasteiger partial charge in [0.15, 0.2) is 0 Å². The van der Waals surface area contributed by atoms with E-state index in [1.165, 1.54) is 17.3 Å². The molecule has 0 aromatic carbocycles. The molecule has 7 heteroatoms. The molecule has 0 unspecified atom stereocenters. The average molecular weight is 229 g/mol. The van der Waals surface area contributed by atoms with Crippen LogP contribution >= 0.6 is 0 Å². The van der Waals surface area contributed by atoms with Crippen molar-refractivity contribution in [3.8, 4) is 0 Å². The quantitative estimate of drug-likeness (QED) is 0.647.